The van der Waals surface area contributed by atoms with Gasteiger partial charge in [0, 0.05) is 0 Å². The van der Waals surface area contributed by atoms with Crippen molar-refractivity contribution in [2.24, 2.45) is 5.92 Å². The van der Waals surface area contributed by atoms with Gasteiger partial charge in [-0.2, -0.15) is 0 Å². The molecule has 0 aliphatic carbocycles. The molecule has 0 aromatic heterocycles. The Labute approximate surface area is 64.6 Å². The van der Waals surface area contributed by atoms with Crippen molar-refractivity contribution in [2.45, 2.75) is 34.1 Å². The summed E-state index contributed by atoms with van der Waals surface area (Å²) in [5.74, 6) is 0.602. The summed E-state index contributed by atoms with van der Waals surface area (Å²) in [6.07, 6.45) is 3.34. The maximum absolute atomic E-state index is 3.95. The van der Waals surface area contributed by atoms with Crippen molar-refractivity contribution in [2.75, 3.05) is 0 Å². The third-order valence-electron chi connectivity index (χ3n) is 2.01. The van der Waals surface area contributed by atoms with Crippen LogP contribution in [-0.4, -0.2) is 0 Å². The molecule has 0 aliphatic rings. The minimum Gasteiger partial charge on any atom is -0.0995 e. The van der Waals surface area contributed by atoms with Crippen LogP contribution in [-0.2, 0) is 0 Å². The minimum absolute atomic E-state index is 0.602. The summed E-state index contributed by atoms with van der Waals surface area (Å²) >= 11 is 0. The molecule has 0 fully saturated rings. The summed E-state index contributed by atoms with van der Waals surface area (Å²) in [4.78, 5) is 0. The van der Waals surface area contributed by atoms with Gasteiger partial charge in [0.1, 0.15) is 0 Å². The lowest BCUT2D eigenvalue weighted by molar-refractivity contribution is 0.685. The van der Waals surface area contributed by atoms with Crippen LogP contribution in [0.5, 0.6) is 0 Å². The van der Waals surface area contributed by atoms with Crippen molar-refractivity contribution in [3.05, 3.63) is 23.8 Å². The van der Waals surface area contributed by atoms with E-state index >= 15 is 0 Å². The van der Waals surface area contributed by atoms with E-state index in [1.54, 1.807) is 0 Å². The highest BCUT2D eigenvalue weighted by Crippen LogP contribution is 2.21. The van der Waals surface area contributed by atoms with Crippen LogP contribution in [0, 0.1) is 5.92 Å². The van der Waals surface area contributed by atoms with E-state index in [1.165, 1.54) is 17.6 Å². The Morgan fingerprint density at radius 1 is 1.50 bits per heavy atom. The average molecular weight is 138 g/mol. The SMILES string of the molecule is C=C(C)C(CC)C(C)=CC. The van der Waals surface area contributed by atoms with Gasteiger partial charge in [0.15, 0.2) is 0 Å². The van der Waals surface area contributed by atoms with Crippen molar-refractivity contribution in [1.29, 1.82) is 0 Å². The van der Waals surface area contributed by atoms with E-state index in [9.17, 15) is 0 Å². The molecule has 0 rings (SSSR count). The number of allylic oxidation sites excluding steroid dienone is 3. The van der Waals surface area contributed by atoms with E-state index in [1.807, 2.05) is 0 Å². The highest BCUT2D eigenvalue weighted by atomic mass is 14.1. The number of hydrogen-bond acceptors (Lipinski definition) is 0. The van der Waals surface area contributed by atoms with E-state index in [-0.39, 0.29) is 0 Å². The third kappa shape index (κ3) is 2.38. The molecule has 0 spiro atoms. The molecule has 1 unspecified atom stereocenters. The summed E-state index contributed by atoms with van der Waals surface area (Å²) in [7, 11) is 0. The summed E-state index contributed by atoms with van der Waals surface area (Å²) in [5, 5.41) is 0. The highest BCUT2D eigenvalue weighted by Gasteiger charge is 2.06. The van der Waals surface area contributed by atoms with Crippen molar-refractivity contribution >= 4 is 0 Å². The van der Waals surface area contributed by atoms with Gasteiger partial charge in [-0.3, -0.25) is 0 Å². The third-order valence-corrected chi connectivity index (χ3v) is 2.01. The van der Waals surface area contributed by atoms with Crippen LogP contribution in [0.1, 0.15) is 34.1 Å². The van der Waals surface area contributed by atoms with Gasteiger partial charge in [0.2, 0.25) is 0 Å². The molecule has 0 aliphatic heterocycles. The summed E-state index contributed by atoms with van der Waals surface area (Å²) in [6, 6.07) is 0. The maximum atomic E-state index is 3.95. The molecule has 0 N–H and O–H groups in total. The lowest BCUT2D eigenvalue weighted by atomic mass is 9.91. The normalized spacial score (nSPS) is 15.0. The van der Waals surface area contributed by atoms with Gasteiger partial charge in [-0.05, 0) is 33.1 Å². The second kappa shape index (κ2) is 4.32. The smallest absolute Gasteiger partial charge is 0.000403 e. The molecule has 0 aromatic carbocycles. The first-order valence-electron chi connectivity index (χ1n) is 3.91. The Morgan fingerprint density at radius 2 is 2.00 bits per heavy atom. The van der Waals surface area contributed by atoms with Crippen LogP contribution < -0.4 is 0 Å². The van der Waals surface area contributed by atoms with Crippen LogP contribution >= 0.6 is 0 Å². The van der Waals surface area contributed by atoms with Gasteiger partial charge in [-0.25, -0.2) is 0 Å². The maximum Gasteiger partial charge on any atom is -0.000403 e. The van der Waals surface area contributed by atoms with Crippen LogP contribution in [0.3, 0.4) is 0 Å². The molecular weight excluding hydrogens is 120 g/mol. The Bertz CT molecular complexity index is 140. The van der Waals surface area contributed by atoms with Gasteiger partial charge in [0.05, 0.1) is 0 Å². The first-order valence-corrected chi connectivity index (χ1v) is 3.91. The van der Waals surface area contributed by atoms with Crippen LogP contribution in [0.4, 0.5) is 0 Å². The largest absolute Gasteiger partial charge is 0.0995 e. The van der Waals surface area contributed by atoms with Gasteiger partial charge in [0.25, 0.3) is 0 Å². The van der Waals surface area contributed by atoms with Crippen molar-refractivity contribution in [1.82, 2.24) is 0 Å². The first-order chi connectivity index (χ1) is 4.63. The van der Waals surface area contributed by atoms with Gasteiger partial charge in [-0.1, -0.05) is 30.7 Å². The van der Waals surface area contributed by atoms with Crippen molar-refractivity contribution in [3.8, 4) is 0 Å². The molecule has 0 radical (unpaired) electrons. The predicted molar refractivity (Wildman–Crippen MR) is 48.0 cm³/mol. The summed E-state index contributed by atoms with van der Waals surface area (Å²) < 4.78 is 0. The molecule has 0 saturated carbocycles. The molecule has 0 heteroatoms. The van der Waals surface area contributed by atoms with E-state index < -0.39 is 0 Å². The van der Waals surface area contributed by atoms with E-state index in [4.69, 9.17) is 0 Å². The zero-order valence-electron chi connectivity index (χ0n) is 7.57. The molecule has 1 atom stereocenters. The van der Waals surface area contributed by atoms with E-state index in [0.717, 1.165) is 0 Å². The molecular formula is C10H18. The molecule has 0 saturated heterocycles. The van der Waals surface area contributed by atoms with Crippen molar-refractivity contribution < 1.29 is 0 Å². The van der Waals surface area contributed by atoms with Gasteiger partial charge < -0.3 is 0 Å². The average Bonchev–Trinajstić information content (AvgIpc) is 1.88. The minimum atomic E-state index is 0.602. The van der Waals surface area contributed by atoms with E-state index in [2.05, 4.69) is 40.3 Å². The van der Waals surface area contributed by atoms with E-state index in [0.29, 0.717) is 5.92 Å². The highest BCUT2D eigenvalue weighted by molar-refractivity contribution is 5.14. The lowest BCUT2D eigenvalue weighted by Crippen LogP contribution is -2.00. The van der Waals surface area contributed by atoms with Crippen LogP contribution in [0.25, 0.3) is 0 Å². The molecule has 0 heterocycles. The second-order valence-electron chi connectivity index (χ2n) is 2.84. The topological polar surface area (TPSA) is 0 Å². The fourth-order valence-electron chi connectivity index (χ4n) is 1.26. The quantitative estimate of drug-likeness (QED) is 0.523. The monoisotopic (exact) mass is 138 g/mol. The zero-order valence-corrected chi connectivity index (χ0v) is 7.57. The molecule has 10 heavy (non-hydrogen) atoms. The Balaban J connectivity index is 4.21. The van der Waals surface area contributed by atoms with Crippen LogP contribution in [0.15, 0.2) is 23.8 Å². The van der Waals surface area contributed by atoms with Gasteiger partial charge in [-0.15, -0.1) is 0 Å². The fourth-order valence-corrected chi connectivity index (χ4v) is 1.26. The predicted octanol–water partition coefficient (Wildman–Crippen LogP) is 3.55. The molecule has 0 amide bonds. The Morgan fingerprint density at radius 3 is 2.10 bits per heavy atom. The molecule has 0 aromatic rings. The van der Waals surface area contributed by atoms with Gasteiger partial charge >= 0.3 is 0 Å². The summed E-state index contributed by atoms with van der Waals surface area (Å²) in [5.41, 5.74) is 2.72. The number of hydrogen-bond donors (Lipinski definition) is 0. The Hall–Kier alpha value is -0.520. The molecule has 0 bridgehead atoms. The molecule has 58 valence electrons. The Kier molecular flexibility index (Phi) is 4.10. The number of rotatable bonds is 3. The lowest BCUT2D eigenvalue weighted by Gasteiger charge is -2.14. The first kappa shape index (κ1) is 9.48. The zero-order chi connectivity index (χ0) is 8.15. The van der Waals surface area contributed by atoms with Crippen molar-refractivity contribution in [3.63, 3.8) is 0 Å². The standard InChI is InChI=1S/C10H18/c1-6-9(5)10(7-2)8(3)4/h6,10H,3,7H2,1-2,4-5H3. The fraction of sp³-hybridized carbons (Fsp3) is 0.600. The van der Waals surface area contributed by atoms with Crippen LogP contribution in [0.2, 0.25) is 0 Å². The second-order valence-corrected chi connectivity index (χ2v) is 2.84. The molecule has 0 nitrogen and oxygen atoms in total. The summed E-state index contributed by atoms with van der Waals surface area (Å²) in [6.45, 7) is 12.5.